The van der Waals surface area contributed by atoms with Crippen LogP contribution in [-0.2, 0) is 0 Å². The van der Waals surface area contributed by atoms with Crippen LogP contribution in [0.5, 0.6) is 0 Å². The Labute approximate surface area is 122 Å². The molecule has 1 atom stereocenters. The summed E-state index contributed by atoms with van der Waals surface area (Å²) in [5.74, 6) is 1.97. The highest BCUT2D eigenvalue weighted by Crippen LogP contribution is 2.33. The van der Waals surface area contributed by atoms with E-state index in [1.165, 1.54) is 32.1 Å². The Morgan fingerprint density at radius 3 is 2.35 bits per heavy atom. The molecule has 2 rings (SSSR count). The summed E-state index contributed by atoms with van der Waals surface area (Å²) in [6.45, 7) is 3.52. The van der Waals surface area contributed by atoms with E-state index >= 15 is 0 Å². The first kappa shape index (κ1) is 15.6. The highest BCUT2D eigenvalue weighted by Gasteiger charge is 2.31. The van der Waals surface area contributed by atoms with Gasteiger partial charge < -0.3 is 15.3 Å². The number of aliphatic hydroxyl groups excluding tert-OH is 1. The molecule has 2 N–H and O–H groups in total. The predicted molar refractivity (Wildman–Crippen MR) is 80.5 cm³/mol. The van der Waals surface area contributed by atoms with Crippen molar-refractivity contribution >= 4 is 6.03 Å². The summed E-state index contributed by atoms with van der Waals surface area (Å²) in [6, 6.07) is -0.0395. The molecule has 0 aromatic rings. The van der Waals surface area contributed by atoms with Crippen LogP contribution in [0, 0.1) is 17.8 Å². The fraction of sp³-hybridized carbons (Fsp3) is 0.938. The van der Waals surface area contributed by atoms with E-state index in [1.54, 1.807) is 11.9 Å². The number of hydrogen-bond acceptors (Lipinski definition) is 2. The second kappa shape index (κ2) is 7.30. The van der Waals surface area contributed by atoms with Gasteiger partial charge in [-0.15, -0.1) is 0 Å². The van der Waals surface area contributed by atoms with Crippen molar-refractivity contribution in [3.05, 3.63) is 0 Å². The van der Waals surface area contributed by atoms with E-state index in [-0.39, 0.29) is 12.1 Å². The van der Waals surface area contributed by atoms with Crippen LogP contribution in [0.25, 0.3) is 0 Å². The third kappa shape index (κ3) is 4.65. The molecule has 0 aromatic carbocycles. The second-order valence-corrected chi connectivity index (χ2v) is 6.77. The molecule has 116 valence electrons. The number of aliphatic hydroxyl groups is 1. The molecular formula is C16H30N2O2. The largest absolute Gasteiger partial charge is 0.391 e. The third-order valence-electron chi connectivity index (χ3n) is 5.06. The first-order chi connectivity index (χ1) is 9.60. The summed E-state index contributed by atoms with van der Waals surface area (Å²) in [6.07, 6.45) is 8.28. The van der Waals surface area contributed by atoms with Gasteiger partial charge >= 0.3 is 6.03 Å². The van der Waals surface area contributed by atoms with Crippen LogP contribution in [0.1, 0.15) is 51.9 Å². The number of nitrogens with one attached hydrogen (secondary N) is 1. The Bertz CT molecular complexity index is 310. The molecule has 0 saturated heterocycles. The molecule has 4 heteroatoms. The number of rotatable bonds is 6. The quantitative estimate of drug-likeness (QED) is 0.787. The highest BCUT2D eigenvalue weighted by molar-refractivity contribution is 5.73. The molecule has 2 aliphatic carbocycles. The van der Waals surface area contributed by atoms with Gasteiger partial charge in [0.15, 0.2) is 0 Å². The SMILES string of the molecule is CCC1CCC(CNC(=O)N(C)CC(O)C2CC2)CC1. The molecule has 0 heterocycles. The monoisotopic (exact) mass is 282 g/mol. The van der Waals surface area contributed by atoms with Crippen LogP contribution < -0.4 is 5.32 Å². The van der Waals surface area contributed by atoms with Crippen LogP contribution in [0.3, 0.4) is 0 Å². The molecule has 4 nitrogen and oxygen atoms in total. The van der Waals surface area contributed by atoms with Crippen LogP contribution in [0.15, 0.2) is 0 Å². The number of nitrogens with zero attached hydrogens (tertiary/aromatic N) is 1. The number of carbonyl (C=O) groups excluding carboxylic acids is 1. The number of amides is 2. The lowest BCUT2D eigenvalue weighted by Gasteiger charge is -2.29. The van der Waals surface area contributed by atoms with Gasteiger partial charge in [-0.3, -0.25) is 0 Å². The Kier molecular flexibility index (Phi) is 5.70. The molecule has 0 aliphatic heterocycles. The van der Waals surface area contributed by atoms with E-state index in [0.29, 0.717) is 18.4 Å². The van der Waals surface area contributed by atoms with E-state index in [1.807, 2.05) is 0 Å². The summed E-state index contributed by atoms with van der Waals surface area (Å²) >= 11 is 0. The minimum atomic E-state index is -0.342. The fourth-order valence-electron chi connectivity index (χ4n) is 3.20. The number of carbonyl (C=O) groups is 1. The van der Waals surface area contributed by atoms with Gasteiger partial charge in [0.05, 0.1) is 6.10 Å². The Morgan fingerprint density at radius 2 is 1.80 bits per heavy atom. The minimum absolute atomic E-state index is 0.0395. The summed E-state index contributed by atoms with van der Waals surface area (Å²) in [4.78, 5) is 13.6. The van der Waals surface area contributed by atoms with Gasteiger partial charge in [0.25, 0.3) is 0 Å². The van der Waals surface area contributed by atoms with E-state index in [4.69, 9.17) is 0 Å². The van der Waals surface area contributed by atoms with Crippen molar-refractivity contribution < 1.29 is 9.90 Å². The normalized spacial score (nSPS) is 27.9. The van der Waals surface area contributed by atoms with Crippen molar-refractivity contribution in [2.45, 2.75) is 58.0 Å². The van der Waals surface area contributed by atoms with Crippen LogP contribution in [0.4, 0.5) is 4.79 Å². The Morgan fingerprint density at radius 1 is 1.20 bits per heavy atom. The Balaban J connectivity index is 1.61. The highest BCUT2D eigenvalue weighted by atomic mass is 16.3. The summed E-state index contributed by atoms with van der Waals surface area (Å²) in [5, 5.41) is 12.9. The first-order valence-electron chi connectivity index (χ1n) is 8.27. The molecule has 2 fully saturated rings. The van der Waals surface area contributed by atoms with Crippen molar-refractivity contribution in [1.82, 2.24) is 10.2 Å². The fourth-order valence-corrected chi connectivity index (χ4v) is 3.20. The summed E-state index contributed by atoms with van der Waals surface area (Å²) in [5.41, 5.74) is 0. The lowest BCUT2D eigenvalue weighted by atomic mass is 9.81. The maximum absolute atomic E-state index is 12.0. The molecule has 0 spiro atoms. The van der Waals surface area contributed by atoms with Gasteiger partial charge in [0.1, 0.15) is 0 Å². The van der Waals surface area contributed by atoms with Gasteiger partial charge in [-0.25, -0.2) is 4.79 Å². The average Bonchev–Trinajstić information content (AvgIpc) is 3.29. The number of hydrogen-bond donors (Lipinski definition) is 2. The standard InChI is InChI=1S/C16H30N2O2/c1-3-12-4-6-13(7-5-12)10-17-16(20)18(2)11-15(19)14-8-9-14/h12-15,19H,3-11H2,1-2H3,(H,17,20). The molecule has 2 saturated carbocycles. The van der Waals surface area contributed by atoms with Crippen LogP contribution >= 0.6 is 0 Å². The zero-order valence-corrected chi connectivity index (χ0v) is 13.0. The zero-order valence-electron chi connectivity index (χ0n) is 13.0. The van der Waals surface area contributed by atoms with Crippen molar-refractivity contribution in [2.24, 2.45) is 17.8 Å². The van der Waals surface area contributed by atoms with Crippen LogP contribution in [0.2, 0.25) is 0 Å². The summed E-state index contributed by atoms with van der Waals surface area (Å²) < 4.78 is 0. The molecule has 0 radical (unpaired) electrons. The first-order valence-corrected chi connectivity index (χ1v) is 8.27. The molecule has 20 heavy (non-hydrogen) atoms. The molecule has 0 bridgehead atoms. The van der Waals surface area contributed by atoms with E-state index in [0.717, 1.165) is 25.3 Å². The van der Waals surface area contributed by atoms with Crippen molar-refractivity contribution in [3.8, 4) is 0 Å². The third-order valence-corrected chi connectivity index (χ3v) is 5.06. The molecule has 0 aromatic heterocycles. The summed E-state index contributed by atoms with van der Waals surface area (Å²) in [7, 11) is 1.77. The van der Waals surface area contributed by atoms with E-state index < -0.39 is 0 Å². The van der Waals surface area contributed by atoms with E-state index in [2.05, 4.69) is 12.2 Å². The topological polar surface area (TPSA) is 52.6 Å². The van der Waals surface area contributed by atoms with Crippen molar-refractivity contribution in [2.75, 3.05) is 20.1 Å². The average molecular weight is 282 g/mol. The number of likely N-dealkylation sites (N-methyl/N-ethyl adjacent to an activating group) is 1. The lowest BCUT2D eigenvalue weighted by Crippen LogP contribution is -2.43. The smallest absolute Gasteiger partial charge is 0.317 e. The van der Waals surface area contributed by atoms with Gasteiger partial charge in [-0.1, -0.05) is 26.2 Å². The van der Waals surface area contributed by atoms with Crippen molar-refractivity contribution in [1.29, 1.82) is 0 Å². The van der Waals surface area contributed by atoms with Gasteiger partial charge in [0, 0.05) is 20.1 Å². The molecule has 1 unspecified atom stereocenters. The number of urea groups is 1. The van der Waals surface area contributed by atoms with E-state index in [9.17, 15) is 9.90 Å². The van der Waals surface area contributed by atoms with Gasteiger partial charge in [-0.05, 0) is 43.4 Å². The van der Waals surface area contributed by atoms with Crippen LogP contribution in [-0.4, -0.2) is 42.3 Å². The van der Waals surface area contributed by atoms with Gasteiger partial charge in [-0.2, -0.15) is 0 Å². The maximum atomic E-state index is 12.0. The predicted octanol–water partition coefficient (Wildman–Crippen LogP) is 2.62. The van der Waals surface area contributed by atoms with Crippen molar-refractivity contribution in [3.63, 3.8) is 0 Å². The molecular weight excluding hydrogens is 252 g/mol. The molecule has 2 aliphatic rings. The Hall–Kier alpha value is -0.770. The zero-order chi connectivity index (χ0) is 14.5. The minimum Gasteiger partial charge on any atom is -0.391 e. The second-order valence-electron chi connectivity index (χ2n) is 6.77. The maximum Gasteiger partial charge on any atom is 0.317 e. The lowest BCUT2D eigenvalue weighted by molar-refractivity contribution is 0.113. The van der Waals surface area contributed by atoms with Gasteiger partial charge in [0.2, 0.25) is 0 Å². The molecule has 2 amide bonds.